The minimum absolute atomic E-state index is 0.0462. The summed E-state index contributed by atoms with van der Waals surface area (Å²) in [5, 5.41) is 4.88. The van der Waals surface area contributed by atoms with Gasteiger partial charge in [-0.3, -0.25) is 24.1 Å². The van der Waals surface area contributed by atoms with Crippen molar-refractivity contribution in [2.45, 2.75) is 25.3 Å². The maximum atomic E-state index is 12.5. The van der Waals surface area contributed by atoms with Crippen LogP contribution in [0.1, 0.15) is 49.7 Å². The number of nitrogens with zero attached hydrogens (tertiary/aromatic N) is 2. The molecule has 4 amide bonds. The van der Waals surface area contributed by atoms with Crippen LogP contribution in [0.2, 0.25) is 0 Å². The van der Waals surface area contributed by atoms with Gasteiger partial charge in [0.25, 0.3) is 17.7 Å². The number of piperidine rings is 1. The third kappa shape index (κ3) is 3.93. The zero-order valence-corrected chi connectivity index (χ0v) is 16.6. The lowest BCUT2D eigenvalue weighted by Gasteiger charge is -2.32. The molecule has 0 radical (unpaired) electrons. The molecular formula is C21H21N3O4S. The standard InChI is InChI=1S/C21H21N3O4S/c25-18(9-12-24-20(27)15-4-1-2-5-16(15)21(24)28)23-10-7-14(8-11-23)22-19(26)17-6-3-13-29-17/h1-6,13-14H,7-12H2,(H,22,26). The highest BCUT2D eigenvalue weighted by molar-refractivity contribution is 7.12. The Morgan fingerprint density at radius 1 is 1.00 bits per heavy atom. The first-order chi connectivity index (χ1) is 14.0. The van der Waals surface area contributed by atoms with Crippen LogP contribution < -0.4 is 5.32 Å². The topological polar surface area (TPSA) is 86.8 Å². The summed E-state index contributed by atoms with van der Waals surface area (Å²) >= 11 is 1.40. The fourth-order valence-corrected chi connectivity index (χ4v) is 4.37. The van der Waals surface area contributed by atoms with Crippen LogP contribution in [0.5, 0.6) is 0 Å². The number of fused-ring (bicyclic) bond motifs is 1. The fraction of sp³-hybridized carbons (Fsp3) is 0.333. The van der Waals surface area contributed by atoms with Crippen LogP contribution >= 0.6 is 11.3 Å². The number of carbonyl (C=O) groups is 4. The zero-order chi connectivity index (χ0) is 20.4. The second-order valence-electron chi connectivity index (χ2n) is 7.16. The molecule has 4 rings (SSSR count). The Balaban J connectivity index is 1.25. The quantitative estimate of drug-likeness (QED) is 0.764. The molecule has 2 aliphatic heterocycles. The first-order valence-corrected chi connectivity index (χ1v) is 10.5. The predicted molar refractivity (Wildman–Crippen MR) is 108 cm³/mol. The van der Waals surface area contributed by atoms with Crippen LogP contribution in [0.25, 0.3) is 0 Å². The fourth-order valence-electron chi connectivity index (χ4n) is 3.75. The van der Waals surface area contributed by atoms with E-state index in [2.05, 4.69) is 5.32 Å². The van der Waals surface area contributed by atoms with E-state index in [1.54, 1.807) is 35.2 Å². The highest BCUT2D eigenvalue weighted by Gasteiger charge is 2.35. The van der Waals surface area contributed by atoms with E-state index in [1.807, 2.05) is 11.4 Å². The van der Waals surface area contributed by atoms with Gasteiger partial charge in [-0.2, -0.15) is 0 Å². The molecule has 0 spiro atoms. The summed E-state index contributed by atoms with van der Waals surface area (Å²) in [5.74, 6) is -0.832. The number of benzene rings is 1. The van der Waals surface area contributed by atoms with E-state index < -0.39 is 0 Å². The van der Waals surface area contributed by atoms with Crippen molar-refractivity contribution in [3.8, 4) is 0 Å². The van der Waals surface area contributed by atoms with E-state index in [4.69, 9.17) is 0 Å². The van der Waals surface area contributed by atoms with E-state index in [9.17, 15) is 19.2 Å². The molecule has 29 heavy (non-hydrogen) atoms. The van der Waals surface area contributed by atoms with Crippen molar-refractivity contribution in [2.75, 3.05) is 19.6 Å². The molecule has 0 saturated carbocycles. The lowest BCUT2D eigenvalue weighted by molar-refractivity contribution is -0.132. The van der Waals surface area contributed by atoms with Gasteiger partial charge in [-0.1, -0.05) is 18.2 Å². The molecule has 0 atom stereocenters. The van der Waals surface area contributed by atoms with Crippen molar-refractivity contribution >= 4 is 35.0 Å². The van der Waals surface area contributed by atoms with Gasteiger partial charge in [-0.05, 0) is 36.4 Å². The molecule has 0 aliphatic carbocycles. The Hall–Kier alpha value is -3.00. The van der Waals surface area contributed by atoms with E-state index in [-0.39, 0.29) is 42.6 Å². The summed E-state index contributed by atoms with van der Waals surface area (Å²) in [6, 6.07) is 10.4. The van der Waals surface area contributed by atoms with Gasteiger partial charge in [0, 0.05) is 32.1 Å². The molecule has 1 aromatic carbocycles. The van der Waals surface area contributed by atoms with E-state index in [0.29, 0.717) is 41.9 Å². The second-order valence-corrected chi connectivity index (χ2v) is 8.11. The number of amides is 4. The average molecular weight is 411 g/mol. The van der Waals surface area contributed by atoms with Crippen molar-refractivity contribution in [3.05, 3.63) is 57.8 Å². The molecule has 1 fully saturated rings. The monoisotopic (exact) mass is 411 g/mol. The maximum absolute atomic E-state index is 12.5. The normalized spacial score (nSPS) is 16.8. The van der Waals surface area contributed by atoms with Crippen LogP contribution in [0, 0.1) is 0 Å². The molecule has 3 heterocycles. The minimum atomic E-state index is -0.339. The predicted octanol–water partition coefficient (Wildman–Crippen LogP) is 2.16. The number of hydrogen-bond donors (Lipinski definition) is 1. The first kappa shape index (κ1) is 19.3. The molecule has 1 N–H and O–H groups in total. The van der Waals surface area contributed by atoms with Crippen LogP contribution in [0.4, 0.5) is 0 Å². The van der Waals surface area contributed by atoms with E-state index in [1.165, 1.54) is 11.3 Å². The summed E-state index contributed by atoms with van der Waals surface area (Å²) in [4.78, 5) is 53.0. The maximum Gasteiger partial charge on any atom is 0.261 e. The number of hydrogen-bond acceptors (Lipinski definition) is 5. The summed E-state index contributed by atoms with van der Waals surface area (Å²) in [6.07, 6.45) is 1.49. The van der Waals surface area contributed by atoms with Crippen LogP contribution in [0.3, 0.4) is 0 Å². The number of likely N-dealkylation sites (tertiary alicyclic amines) is 1. The van der Waals surface area contributed by atoms with Gasteiger partial charge in [0.15, 0.2) is 0 Å². The SMILES string of the molecule is O=C(NC1CCN(C(=O)CCN2C(=O)c3ccccc3C2=O)CC1)c1cccs1. The molecule has 7 nitrogen and oxygen atoms in total. The average Bonchev–Trinajstić information content (AvgIpc) is 3.36. The number of nitrogens with one attached hydrogen (secondary N) is 1. The number of thiophene rings is 1. The molecule has 150 valence electrons. The Bertz CT molecular complexity index is 914. The number of imide groups is 1. The highest BCUT2D eigenvalue weighted by Crippen LogP contribution is 2.23. The molecule has 2 aromatic rings. The number of carbonyl (C=O) groups excluding carboxylic acids is 4. The van der Waals surface area contributed by atoms with Crippen LogP contribution in [0.15, 0.2) is 41.8 Å². The largest absolute Gasteiger partial charge is 0.348 e. The third-order valence-electron chi connectivity index (χ3n) is 5.36. The van der Waals surface area contributed by atoms with Gasteiger partial charge >= 0.3 is 0 Å². The zero-order valence-electron chi connectivity index (χ0n) is 15.8. The Labute approximate surface area is 172 Å². The van der Waals surface area contributed by atoms with Crippen molar-refractivity contribution in [1.82, 2.24) is 15.1 Å². The summed E-state index contributed by atoms with van der Waals surface area (Å²) in [5.41, 5.74) is 0.791. The first-order valence-electron chi connectivity index (χ1n) is 9.62. The Morgan fingerprint density at radius 3 is 2.24 bits per heavy atom. The van der Waals surface area contributed by atoms with Gasteiger partial charge < -0.3 is 10.2 Å². The van der Waals surface area contributed by atoms with Gasteiger partial charge in [0.05, 0.1) is 16.0 Å². The van der Waals surface area contributed by atoms with Gasteiger partial charge in [-0.25, -0.2) is 0 Å². The molecule has 0 bridgehead atoms. The molecule has 1 saturated heterocycles. The lowest BCUT2D eigenvalue weighted by atomic mass is 10.0. The van der Waals surface area contributed by atoms with Gasteiger partial charge in [-0.15, -0.1) is 11.3 Å². The summed E-state index contributed by atoms with van der Waals surface area (Å²) < 4.78 is 0. The third-order valence-corrected chi connectivity index (χ3v) is 6.22. The van der Waals surface area contributed by atoms with Crippen molar-refractivity contribution in [3.63, 3.8) is 0 Å². The van der Waals surface area contributed by atoms with Crippen molar-refractivity contribution in [1.29, 1.82) is 0 Å². The van der Waals surface area contributed by atoms with Gasteiger partial charge in [0.2, 0.25) is 5.91 Å². The van der Waals surface area contributed by atoms with Gasteiger partial charge in [0.1, 0.15) is 0 Å². The van der Waals surface area contributed by atoms with Crippen LogP contribution in [-0.4, -0.2) is 59.1 Å². The summed E-state index contributed by atoms with van der Waals surface area (Å²) in [6.45, 7) is 1.19. The Kier molecular flexibility index (Phi) is 5.44. The van der Waals surface area contributed by atoms with E-state index in [0.717, 1.165) is 4.90 Å². The van der Waals surface area contributed by atoms with E-state index >= 15 is 0 Å². The van der Waals surface area contributed by atoms with Crippen molar-refractivity contribution < 1.29 is 19.2 Å². The Morgan fingerprint density at radius 2 is 1.66 bits per heavy atom. The second kappa shape index (κ2) is 8.16. The van der Waals surface area contributed by atoms with Crippen LogP contribution in [-0.2, 0) is 4.79 Å². The highest BCUT2D eigenvalue weighted by atomic mass is 32.1. The molecule has 1 aromatic heterocycles. The smallest absolute Gasteiger partial charge is 0.261 e. The molecule has 8 heteroatoms. The lowest BCUT2D eigenvalue weighted by Crippen LogP contribution is -2.47. The minimum Gasteiger partial charge on any atom is -0.348 e. The number of rotatable bonds is 5. The molecule has 0 unspecified atom stereocenters. The summed E-state index contributed by atoms with van der Waals surface area (Å²) in [7, 11) is 0. The molecule has 2 aliphatic rings. The van der Waals surface area contributed by atoms with Crippen molar-refractivity contribution in [2.24, 2.45) is 0 Å². The molecular weight excluding hydrogens is 390 g/mol.